The number of carbonyl (C=O) groups is 4. The van der Waals surface area contributed by atoms with E-state index in [1.54, 1.807) is 30.3 Å². The molecule has 52 heavy (non-hydrogen) atoms. The zero-order valence-electron chi connectivity index (χ0n) is 28.9. The van der Waals surface area contributed by atoms with E-state index < -0.39 is 11.9 Å². The molecule has 2 saturated heterocycles. The maximum atomic E-state index is 13.1. The summed E-state index contributed by atoms with van der Waals surface area (Å²) in [5.41, 5.74) is 3.35. The molecule has 0 aliphatic carbocycles. The van der Waals surface area contributed by atoms with Gasteiger partial charge in [0.25, 0.3) is 17.4 Å². The quantitative estimate of drug-likeness (QED) is 0.186. The van der Waals surface area contributed by atoms with E-state index in [2.05, 4.69) is 38.1 Å². The highest BCUT2D eigenvalue weighted by molar-refractivity contribution is 6.33. The molecule has 270 valence electrons. The summed E-state index contributed by atoms with van der Waals surface area (Å²) in [6.45, 7) is 2.86. The van der Waals surface area contributed by atoms with Crippen LogP contribution >= 0.6 is 11.6 Å². The minimum atomic E-state index is -0.648. The molecule has 3 atom stereocenters. The summed E-state index contributed by atoms with van der Waals surface area (Å²) in [6, 6.07) is 12.4. The second-order valence-corrected chi connectivity index (χ2v) is 13.7. The van der Waals surface area contributed by atoms with Crippen molar-refractivity contribution >= 4 is 69.3 Å². The van der Waals surface area contributed by atoms with Crippen LogP contribution in [-0.2, 0) is 28.0 Å². The molecule has 4 amide bonds. The van der Waals surface area contributed by atoms with Crippen molar-refractivity contribution in [1.29, 1.82) is 0 Å². The molecule has 4 N–H and O–H groups in total. The van der Waals surface area contributed by atoms with Crippen LogP contribution in [0.5, 0.6) is 5.75 Å². The first-order chi connectivity index (χ1) is 25.0. The van der Waals surface area contributed by atoms with Gasteiger partial charge in [-0.3, -0.25) is 29.3 Å². The number of likely N-dealkylation sites (N-methyl/N-ethyl adjacent to an activating group) is 1. The third kappa shape index (κ3) is 6.83. The molecule has 2 fully saturated rings. The molecule has 3 aliphatic rings. The van der Waals surface area contributed by atoms with Crippen molar-refractivity contribution in [3.63, 3.8) is 0 Å². The Morgan fingerprint density at radius 1 is 1.06 bits per heavy atom. The molecule has 0 radical (unpaired) electrons. The van der Waals surface area contributed by atoms with Gasteiger partial charge in [-0.1, -0.05) is 11.6 Å². The molecule has 5 heterocycles. The summed E-state index contributed by atoms with van der Waals surface area (Å²) in [7, 11) is 3.14. The second-order valence-electron chi connectivity index (χ2n) is 13.3. The number of nitrogens with zero attached hydrogens (tertiary/aromatic N) is 5. The molecule has 2 aromatic carbocycles. The maximum absolute atomic E-state index is 13.1. The Morgan fingerprint density at radius 3 is 2.63 bits per heavy atom. The molecule has 0 spiro atoms. The number of aromatic nitrogens is 3. The minimum absolute atomic E-state index is 0.0627. The van der Waals surface area contributed by atoms with Crippen LogP contribution in [0.25, 0.3) is 10.9 Å². The first-order valence-corrected chi connectivity index (χ1v) is 17.4. The van der Waals surface area contributed by atoms with Crippen LogP contribution in [0.2, 0.25) is 5.02 Å². The van der Waals surface area contributed by atoms with E-state index in [0.29, 0.717) is 58.5 Å². The first-order valence-electron chi connectivity index (χ1n) is 17.1. The predicted molar refractivity (Wildman–Crippen MR) is 195 cm³/mol. The average molecular weight is 728 g/mol. The van der Waals surface area contributed by atoms with E-state index >= 15 is 0 Å². The van der Waals surface area contributed by atoms with E-state index in [1.165, 1.54) is 11.6 Å². The lowest BCUT2D eigenvalue weighted by Gasteiger charge is -2.38. The largest absolute Gasteiger partial charge is 0.478 e. The Hall–Kier alpha value is -5.70. The number of aryl methyl sites for hydroxylation is 1. The van der Waals surface area contributed by atoms with E-state index in [-0.39, 0.29) is 54.1 Å². The fourth-order valence-corrected chi connectivity index (χ4v) is 7.21. The SMILES string of the molecule is CNC(=O)COc1cc2cc(Nc3nc(N4CCC(Nc5ccc6c(c5)CN(C5CCC(=O)NC5=O)C6=O)CC4C)ncc3Cl)ccc2n(C)c1=O. The molecule has 0 saturated carbocycles. The van der Waals surface area contributed by atoms with E-state index in [9.17, 15) is 24.0 Å². The van der Waals surface area contributed by atoms with Gasteiger partial charge in [0.05, 0.1) is 11.7 Å². The number of anilines is 4. The second kappa shape index (κ2) is 14.1. The van der Waals surface area contributed by atoms with Crippen LogP contribution in [0, 0.1) is 0 Å². The number of ether oxygens (including phenoxy) is 1. The fraction of sp³-hybridized carbons (Fsp3) is 0.361. The lowest BCUT2D eigenvalue weighted by atomic mass is 9.98. The van der Waals surface area contributed by atoms with Crippen LogP contribution < -0.4 is 36.5 Å². The minimum Gasteiger partial charge on any atom is -0.478 e. The number of pyridine rings is 1. The summed E-state index contributed by atoms with van der Waals surface area (Å²) >= 11 is 6.55. The lowest BCUT2D eigenvalue weighted by Crippen LogP contribution is -2.52. The monoisotopic (exact) mass is 727 g/mol. The number of benzene rings is 2. The van der Waals surface area contributed by atoms with Crippen LogP contribution in [0.3, 0.4) is 0 Å². The summed E-state index contributed by atoms with van der Waals surface area (Å²) in [5, 5.41) is 12.8. The predicted octanol–water partition coefficient (Wildman–Crippen LogP) is 3.08. The number of hydrogen-bond acceptors (Lipinski definition) is 11. The fourth-order valence-electron chi connectivity index (χ4n) is 7.07. The van der Waals surface area contributed by atoms with Crippen molar-refractivity contribution in [3.05, 3.63) is 75.2 Å². The third-order valence-electron chi connectivity index (χ3n) is 9.85. The van der Waals surface area contributed by atoms with Crippen LogP contribution in [0.4, 0.5) is 23.1 Å². The molecule has 2 aromatic heterocycles. The Labute approximate surface area is 303 Å². The van der Waals surface area contributed by atoms with E-state index in [1.807, 2.05) is 30.3 Å². The summed E-state index contributed by atoms with van der Waals surface area (Å²) in [4.78, 5) is 74.6. The van der Waals surface area contributed by atoms with Gasteiger partial charge in [0.2, 0.25) is 17.8 Å². The normalized spacial score (nSPS) is 20.1. The lowest BCUT2D eigenvalue weighted by molar-refractivity contribution is -0.137. The van der Waals surface area contributed by atoms with Crippen molar-refractivity contribution in [1.82, 2.24) is 30.1 Å². The number of amides is 4. The summed E-state index contributed by atoms with van der Waals surface area (Å²) in [6.07, 6.45) is 3.73. The number of fused-ring (bicyclic) bond motifs is 2. The van der Waals surface area contributed by atoms with Crippen LogP contribution in [0.15, 0.2) is 53.5 Å². The van der Waals surface area contributed by atoms with E-state index in [0.717, 1.165) is 24.1 Å². The molecule has 4 aromatic rings. The van der Waals surface area contributed by atoms with Crippen molar-refractivity contribution in [3.8, 4) is 5.75 Å². The number of carbonyl (C=O) groups excluding carboxylic acids is 4. The molecule has 0 bridgehead atoms. The topological polar surface area (TPSA) is 180 Å². The van der Waals surface area contributed by atoms with Crippen molar-refractivity contribution in [2.75, 3.05) is 35.7 Å². The number of imide groups is 1. The van der Waals surface area contributed by atoms with Gasteiger partial charge in [-0.15, -0.1) is 0 Å². The third-order valence-corrected chi connectivity index (χ3v) is 10.1. The van der Waals surface area contributed by atoms with Crippen LogP contribution in [-0.4, -0.2) is 81.4 Å². The van der Waals surface area contributed by atoms with Gasteiger partial charge in [-0.25, -0.2) is 4.98 Å². The molecule has 3 unspecified atom stereocenters. The molecule has 3 aliphatic heterocycles. The zero-order chi connectivity index (χ0) is 36.7. The standard InChI is InChI=1S/C36H38ClN9O6/c1-19-12-24(40-22-4-6-25-21(14-22)17-46(34(25)50)28-8-9-30(47)42-33(28)49)10-11-45(19)36-39-16-26(37)32(43-36)41-23-5-7-27-20(13-23)15-29(35(51)44(27)3)52-18-31(48)38-2/h4-7,13-16,19,24,28,40H,8-12,17-18H2,1-3H3,(H,38,48)(H,39,41,43)(H,42,47,49). The van der Waals surface area contributed by atoms with Gasteiger partial charge in [0, 0.05) is 68.0 Å². The van der Waals surface area contributed by atoms with Crippen LogP contribution in [0.1, 0.15) is 48.5 Å². The molecule has 15 nitrogen and oxygen atoms in total. The van der Waals surface area contributed by atoms with Gasteiger partial charge < -0.3 is 35.1 Å². The van der Waals surface area contributed by atoms with Crippen molar-refractivity contribution in [2.24, 2.45) is 7.05 Å². The highest BCUT2D eigenvalue weighted by Gasteiger charge is 2.39. The number of hydrogen-bond donors (Lipinski definition) is 4. The Balaban J connectivity index is 1.01. The average Bonchev–Trinajstić information content (AvgIpc) is 3.44. The number of halogens is 1. The smallest absolute Gasteiger partial charge is 0.293 e. The Bertz CT molecular complexity index is 2170. The number of nitrogens with one attached hydrogen (secondary N) is 4. The molecular formula is C36H38ClN9O6. The maximum Gasteiger partial charge on any atom is 0.293 e. The Kier molecular flexibility index (Phi) is 9.44. The van der Waals surface area contributed by atoms with Gasteiger partial charge in [-0.05, 0) is 74.2 Å². The van der Waals surface area contributed by atoms with Crippen molar-refractivity contribution < 1.29 is 23.9 Å². The van der Waals surface area contributed by atoms with Gasteiger partial charge in [-0.2, -0.15) is 4.98 Å². The van der Waals surface area contributed by atoms with Gasteiger partial charge >= 0.3 is 0 Å². The highest BCUT2D eigenvalue weighted by atomic mass is 35.5. The molecule has 7 rings (SSSR count). The van der Waals surface area contributed by atoms with Gasteiger partial charge in [0.1, 0.15) is 11.1 Å². The summed E-state index contributed by atoms with van der Waals surface area (Å²) in [5.74, 6) is -0.243. The zero-order valence-corrected chi connectivity index (χ0v) is 29.6. The summed E-state index contributed by atoms with van der Waals surface area (Å²) < 4.78 is 6.96. The first kappa shape index (κ1) is 34.7. The van der Waals surface area contributed by atoms with E-state index in [4.69, 9.17) is 21.3 Å². The highest BCUT2D eigenvalue weighted by Crippen LogP contribution is 2.33. The molecule has 16 heteroatoms. The number of rotatable bonds is 9. The molecular weight excluding hydrogens is 690 g/mol. The van der Waals surface area contributed by atoms with Crippen molar-refractivity contribution in [2.45, 2.75) is 57.3 Å². The Morgan fingerprint density at radius 2 is 1.87 bits per heavy atom. The van der Waals surface area contributed by atoms with Gasteiger partial charge in [0.15, 0.2) is 18.2 Å². The number of piperidine rings is 2.